The van der Waals surface area contributed by atoms with Gasteiger partial charge in [0.25, 0.3) is 0 Å². The van der Waals surface area contributed by atoms with Crippen molar-refractivity contribution in [3.63, 3.8) is 0 Å². The molecule has 0 aliphatic rings. The van der Waals surface area contributed by atoms with E-state index in [0.29, 0.717) is 0 Å². The van der Waals surface area contributed by atoms with Crippen LogP contribution in [0.15, 0.2) is 187 Å². The normalized spacial score (nSPS) is 19.1. The SMILES string of the molecule is [2H]c1c([2H])c([2H])c(-n2c3c([2H])c([2H])c([2H])c([2H])c3c3c([2H])c(-n4c5c([2H])c([2H])c([2H])c([2H])c5c5c([2H])c(-c6c([2H])c([2H])c7c(c6[2H])c6c([2H])c([2H])c([2H])c([2H])c6n7-c6ccccc6)c([2H])c([2H])c54)c([2H])c([2H])c32)c([2H])c1[2H]. The van der Waals surface area contributed by atoms with Gasteiger partial charge < -0.3 is 13.7 Å². The third-order valence-corrected chi connectivity index (χ3v) is 8.66. The maximum Gasteiger partial charge on any atom is 0.0652 e. The first-order valence-corrected chi connectivity index (χ1v) is 15.4. The van der Waals surface area contributed by atoms with Crippen LogP contribution in [0.1, 0.15) is 35.6 Å². The lowest BCUT2D eigenvalue weighted by atomic mass is 10.0. The Balaban J connectivity index is 1.35. The number of hydrogen-bond acceptors (Lipinski definition) is 0. The second kappa shape index (κ2) is 10.8. The summed E-state index contributed by atoms with van der Waals surface area (Å²) in [6.07, 6.45) is 0. The Kier molecular flexibility index (Phi) is 2.72. The van der Waals surface area contributed by atoms with Crippen molar-refractivity contribution in [2.75, 3.05) is 0 Å². The molecular weight excluding hydrogens is 619 g/mol. The van der Waals surface area contributed by atoms with Crippen LogP contribution in [0.2, 0.25) is 0 Å². The van der Waals surface area contributed by atoms with Crippen molar-refractivity contribution in [1.82, 2.24) is 13.7 Å². The second-order valence-electron chi connectivity index (χ2n) is 11.4. The van der Waals surface area contributed by atoms with Gasteiger partial charge in [0, 0.05) is 49.4 Å². The fourth-order valence-corrected chi connectivity index (χ4v) is 6.53. The van der Waals surface area contributed by atoms with E-state index in [1.165, 1.54) is 4.57 Å². The van der Waals surface area contributed by atoms with Crippen LogP contribution in [0.5, 0.6) is 0 Å². The minimum absolute atomic E-state index is 0.168. The molecule has 0 bridgehead atoms. The van der Waals surface area contributed by atoms with E-state index < -0.39 is 223 Å². The van der Waals surface area contributed by atoms with E-state index in [1.54, 1.807) is 30.3 Å². The summed E-state index contributed by atoms with van der Waals surface area (Å²) in [6.45, 7) is 0. The summed E-state index contributed by atoms with van der Waals surface area (Å²) < 4.78 is 240. The zero-order chi connectivity index (χ0) is 56.1. The maximum absolute atomic E-state index is 9.94. The van der Waals surface area contributed by atoms with Gasteiger partial charge in [0.15, 0.2) is 0 Å². The first kappa shape index (κ1) is 12.8. The van der Waals surface area contributed by atoms with Gasteiger partial charge in [0.05, 0.1) is 68.7 Å². The van der Waals surface area contributed by atoms with Crippen LogP contribution in [0.4, 0.5) is 0 Å². The van der Waals surface area contributed by atoms with Crippen molar-refractivity contribution < 1.29 is 35.6 Å². The molecule has 3 aromatic heterocycles. The average molecular weight is 676 g/mol. The van der Waals surface area contributed by atoms with Crippen LogP contribution in [0, 0.1) is 0 Å². The van der Waals surface area contributed by atoms with Crippen LogP contribution in [-0.2, 0) is 0 Å². The lowest BCUT2D eigenvalue weighted by Gasteiger charge is -2.11. The number of benzene rings is 8. The number of hydrogen-bond donors (Lipinski definition) is 0. The van der Waals surface area contributed by atoms with E-state index in [-0.39, 0.29) is 27.5 Å². The third-order valence-electron chi connectivity index (χ3n) is 8.66. The topological polar surface area (TPSA) is 14.8 Å². The van der Waals surface area contributed by atoms with Crippen LogP contribution in [0.3, 0.4) is 0 Å². The molecule has 0 aliphatic heterocycles. The minimum Gasteiger partial charge on any atom is -0.309 e. The zero-order valence-corrected chi connectivity index (χ0v) is 25.7. The van der Waals surface area contributed by atoms with E-state index in [2.05, 4.69) is 0 Å². The first-order chi connectivity index (χ1) is 36.2. The fraction of sp³-hybridized carbons (Fsp3) is 0. The zero-order valence-electron chi connectivity index (χ0n) is 51.7. The Labute approximate surface area is 331 Å². The molecule has 0 spiro atoms. The standard InChI is InChI=1S/C48H31N3/c1-3-13-34(14-4-1)49-43-20-10-7-17-37(43)40-29-32(23-26-46(40)49)33-24-27-47-41(30-33)38-18-8-12-22-45(38)51(47)36-25-28-48-42(31-36)39-19-9-11-21-44(39)50(48)35-15-5-2-6-16-35/h1-31H/i2D,5D,6D,7D,8D,9D,10D,11D,12D,15D,16D,17D,18D,19D,20D,21D,22D,23D,24D,25D,26D,27D,28D,29D,30D,31D. The Morgan fingerprint density at radius 2 is 0.706 bits per heavy atom. The summed E-state index contributed by atoms with van der Waals surface area (Å²) in [6, 6.07) is -13.6. The summed E-state index contributed by atoms with van der Waals surface area (Å²) in [5.74, 6) is 0. The largest absolute Gasteiger partial charge is 0.309 e. The summed E-state index contributed by atoms with van der Waals surface area (Å²) in [7, 11) is 0. The van der Waals surface area contributed by atoms with Gasteiger partial charge >= 0.3 is 0 Å². The molecule has 238 valence electrons. The predicted molar refractivity (Wildman–Crippen MR) is 215 cm³/mol. The summed E-state index contributed by atoms with van der Waals surface area (Å²) >= 11 is 0. The van der Waals surface area contributed by atoms with Gasteiger partial charge in [-0.1, -0.05) is 103 Å². The van der Waals surface area contributed by atoms with Crippen LogP contribution >= 0.6 is 0 Å². The molecule has 8 aromatic carbocycles. The lowest BCUT2D eigenvalue weighted by Crippen LogP contribution is -1.95. The molecule has 51 heavy (non-hydrogen) atoms. The average Bonchev–Trinajstić information content (AvgIpc) is 4.17. The molecule has 0 aliphatic carbocycles. The summed E-state index contributed by atoms with van der Waals surface area (Å²) in [4.78, 5) is 0. The quantitative estimate of drug-likeness (QED) is 0.176. The summed E-state index contributed by atoms with van der Waals surface area (Å²) in [5.41, 5.74) is -5.43. The van der Waals surface area contributed by atoms with Gasteiger partial charge in [0.2, 0.25) is 0 Å². The highest BCUT2D eigenvalue weighted by Gasteiger charge is 2.18. The van der Waals surface area contributed by atoms with Gasteiger partial charge in [-0.25, -0.2) is 0 Å². The maximum atomic E-state index is 9.94. The van der Waals surface area contributed by atoms with Crippen LogP contribution < -0.4 is 0 Å². The monoisotopic (exact) mass is 675 g/mol. The molecule has 11 aromatic rings. The molecule has 0 atom stereocenters. The Morgan fingerprint density at radius 3 is 1.25 bits per heavy atom. The van der Waals surface area contributed by atoms with E-state index >= 15 is 0 Å². The Morgan fingerprint density at radius 1 is 0.294 bits per heavy atom. The van der Waals surface area contributed by atoms with Crippen molar-refractivity contribution in [3.8, 4) is 28.2 Å². The molecule has 3 heterocycles. The smallest absolute Gasteiger partial charge is 0.0652 e. The van der Waals surface area contributed by atoms with Crippen molar-refractivity contribution in [2.45, 2.75) is 0 Å². The number of aromatic nitrogens is 3. The van der Waals surface area contributed by atoms with E-state index in [0.717, 1.165) is 9.13 Å². The van der Waals surface area contributed by atoms with Crippen LogP contribution in [0.25, 0.3) is 93.6 Å². The predicted octanol–water partition coefficient (Wildman–Crippen LogP) is 12.6. The molecule has 0 radical (unpaired) electrons. The third kappa shape index (κ3) is 4.12. The lowest BCUT2D eigenvalue weighted by molar-refractivity contribution is 1.17. The molecule has 3 heteroatoms. The van der Waals surface area contributed by atoms with E-state index in [1.807, 2.05) is 0 Å². The molecule has 0 saturated carbocycles. The molecule has 11 rings (SSSR count). The number of rotatable bonds is 4. The Bertz CT molecular complexity index is 4600. The van der Waals surface area contributed by atoms with Crippen molar-refractivity contribution in [3.05, 3.63) is 187 Å². The van der Waals surface area contributed by atoms with Gasteiger partial charge in [-0.3, -0.25) is 0 Å². The molecular formula is C48H31N3. The van der Waals surface area contributed by atoms with E-state index in [4.69, 9.17) is 20.6 Å². The first-order valence-electron chi connectivity index (χ1n) is 28.4. The summed E-state index contributed by atoms with van der Waals surface area (Å²) in [5, 5.41) is -2.79. The van der Waals surface area contributed by atoms with Gasteiger partial charge in [0.1, 0.15) is 0 Å². The fourth-order valence-electron chi connectivity index (χ4n) is 6.53. The minimum atomic E-state index is -1.01. The van der Waals surface area contributed by atoms with Gasteiger partial charge in [-0.05, 0) is 95.8 Å². The molecule has 3 nitrogen and oxygen atoms in total. The molecule has 0 N–H and O–H groups in total. The molecule has 0 unspecified atom stereocenters. The number of nitrogens with zero attached hydrogens (tertiary/aromatic N) is 3. The van der Waals surface area contributed by atoms with Crippen molar-refractivity contribution >= 4 is 65.4 Å². The second-order valence-corrected chi connectivity index (χ2v) is 11.4. The molecule has 0 fully saturated rings. The van der Waals surface area contributed by atoms with Crippen molar-refractivity contribution in [2.24, 2.45) is 0 Å². The van der Waals surface area contributed by atoms with Crippen LogP contribution in [-0.4, -0.2) is 13.7 Å². The van der Waals surface area contributed by atoms with Gasteiger partial charge in [-0.2, -0.15) is 0 Å². The van der Waals surface area contributed by atoms with Gasteiger partial charge in [-0.15, -0.1) is 0 Å². The number of fused-ring (bicyclic) bond motifs is 9. The van der Waals surface area contributed by atoms with E-state index in [9.17, 15) is 15.1 Å². The Hall–Kier alpha value is -6.84. The molecule has 0 amide bonds. The van der Waals surface area contributed by atoms with Crippen molar-refractivity contribution in [1.29, 1.82) is 0 Å². The highest BCUT2D eigenvalue weighted by atomic mass is 15.0. The highest BCUT2D eigenvalue weighted by Crippen LogP contribution is 2.40. The number of para-hydroxylation sites is 5. The molecule has 0 saturated heterocycles. The highest BCUT2D eigenvalue weighted by molar-refractivity contribution is 6.14.